The zero-order valence-corrected chi connectivity index (χ0v) is 15.7. The van der Waals surface area contributed by atoms with Gasteiger partial charge in [-0.25, -0.2) is 4.98 Å². The summed E-state index contributed by atoms with van der Waals surface area (Å²) in [4.78, 5) is 13.2. The van der Waals surface area contributed by atoms with Gasteiger partial charge in [-0.3, -0.25) is 9.97 Å². The number of benzene rings is 1. The van der Waals surface area contributed by atoms with E-state index in [1.165, 1.54) is 11.3 Å². The van der Waals surface area contributed by atoms with Crippen LogP contribution in [0.5, 0.6) is 0 Å². The van der Waals surface area contributed by atoms with Crippen molar-refractivity contribution in [3.8, 4) is 11.4 Å². The average molecular weight is 369 g/mol. The van der Waals surface area contributed by atoms with Crippen LogP contribution in [0.15, 0.2) is 85.6 Å². The SMILES string of the molecule is c1ccc(Cn2cncc2CCNCc2ccc(-c3ccccn3)nc2)cc1. The van der Waals surface area contributed by atoms with Crippen LogP contribution in [0.1, 0.15) is 16.8 Å². The van der Waals surface area contributed by atoms with Gasteiger partial charge in [0.15, 0.2) is 0 Å². The van der Waals surface area contributed by atoms with Crippen LogP contribution in [0.3, 0.4) is 0 Å². The third-order valence-corrected chi connectivity index (χ3v) is 4.63. The van der Waals surface area contributed by atoms with Gasteiger partial charge in [0.05, 0.1) is 17.7 Å². The average Bonchev–Trinajstić information content (AvgIpc) is 3.20. The topological polar surface area (TPSA) is 55.6 Å². The number of hydrogen-bond acceptors (Lipinski definition) is 4. The monoisotopic (exact) mass is 369 g/mol. The Hall–Kier alpha value is -3.31. The van der Waals surface area contributed by atoms with Crippen molar-refractivity contribution in [3.05, 3.63) is 102 Å². The third-order valence-electron chi connectivity index (χ3n) is 4.63. The van der Waals surface area contributed by atoms with Gasteiger partial charge in [-0.1, -0.05) is 42.5 Å². The normalized spacial score (nSPS) is 10.9. The van der Waals surface area contributed by atoms with Gasteiger partial charge in [0.1, 0.15) is 0 Å². The molecule has 140 valence electrons. The summed E-state index contributed by atoms with van der Waals surface area (Å²) in [7, 11) is 0. The Morgan fingerprint density at radius 1 is 0.786 bits per heavy atom. The molecule has 0 aliphatic carbocycles. The molecule has 3 aromatic heterocycles. The van der Waals surface area contributed by atoms with Crippen molar-refractivity contribution in [1.82, 2.24) is 24.8 Å². The van der Waals surface area contributed by atoms with Crippen LogP contribution in [0.25, 0.3) is 11.4 Å². The summed E-state index contributed by atoms with van der Waals surface area (Å²) in [6, 6.07) is 20.4. The van der Waals surface area contributed by atoms with E-state index in [0.29, 0.717) is 0 Å². The summed E-state index contributed by atoms with van der Waals surface area (Å²) in [5, 5.41) is 3.49. The molecule has 4 rings (SSSR count). The lowest BCUT2D eigenvalue weighted by Gasteiger charge is -2.09. The molecule has 0 aliphatic rings. The summed E-state index contributed by atoms with van der Waals surface area (Å²) in [5.41, 5.74) is 5.48. The first kappa shape index (κ1) is 18.1. The fraction of sp³-hybridized carbons (Fsp3) is 0.174. The number of pyridine rings is 2. The zero-order valence-electron chi connectivity index (χ0n) is 15.7. The fourth-order valence-corrected chi connectivity index (χ4v) is 3.12. The van der Waals surface area contributed by atoms with E-state index in [-0.39, 0.29) is 0 Å². The Labute approximate surface area is 165 Å². The van der Waals surface area contributed by atoms with E-state index in [2.05, 4.69) is 55.2 Å². The molecule has 28 heavy (non-hydrogen) atoms. The molecular formula is C23H23N5. The van der Waals surface area contributed by atoms with Crippen LogP contribution in [0, 0.1) is 0 Å². The van der Waals surface area contributed by atoms with Crippen LogP contribution >= 0.6 is 0 Å². The first-order valence-corrected chi connectivity index (χ1v) is 9.48. The first-order valence-electron chi connectivity index (χ1n) is 9.48. The molecule has 0 atom stereocenters. The molecule has 1 aromatic carbocycles. The minimum Gasteiger partial charge on any atom is -0.330 e. The van der Waals surface area contributed by atoms with Gasteiger partial charge in [0, 0.05) is 50.3 Å². The Kier molecular flexibility index (Phi) is 5.85. The number of rotatable bonds is 8. The van der Waals surface area contributed by atoms with Gasteiger partial charge in [0.25, 0.3) is 0 Å². The highest BCUT2D eigenvalue weighted by atomic mass is 15.0. The zero-order chi connectivity index (χ0) is 19.0. The summed E-state index contributed by atoms with van der Waals surface area (Å²) in [6.07, 6.45) is 8.49. The van der Waals surface area contributed by atoms with Crippen LogP contribution in [-0.4, -0.2) is 26.1 Å². The Bertz CT molecular complexity index is 978. The Morgan fingerprint density at radius 3 is 2.43 bits per heavy atom. The molecule has 0 fully saturated rings. The first-order chi connectivity index (χ1) is 13.9. The van der Waals surface area contributed by atoms with Crippen molar-refractivity contribution in [2.45, 2.75) is 19.5 Å². The summed E-state index contributed by atoms with van der Waals surface area (Å²) in [6.45, 7) is 2.54. The van der Waals surface area contributed by atoms with Crippen LogP contribution in [0.4, 0.5) is 0 Å². The Balaban J connectivity index is 1.27. The van der Waals surface area contributed by atoms with E-state index in [4.69, 9.17) is 0 Å². The van der Waals surface area contributed by atoms with Gasteiger partial charge < -0.3 is 9.88 Å². The molecule has 0 spiro atoms. The van der Waals surface area contributed by atoms with Gasteiger partial charge in [0.2, 0.25) is 0 Å². The quantitative estimate of drug-likeness (QED) is 0.481. The second-order valence-electron chi connectivity index (χ2n) is 6.69. The summed E-state index contributed by atoms with van der Waals surface area (Å²) < 4.78 is 2.21. The molecule has 3 heterocycles. The largest absolute Gasteiger partial charge is 0.330 e. The molecule has 0 radical (unpaired) electrons. The predicted molar refractivity (Wildman–Crippen MR) is 111 cm³/mol. The van der Waals surface area contributed by atoms with Crippen molar-refractivity contribution < 1.29 is 0 Å². The van der Waals surface area contributed by atoms with E-state index in [1.54, 1.807) is 6.20 Å². The minimum absolute atomic E-state index is 0.794. The lowest BCUT2D eigenvalue weighted by molar-refractivity contribution is 0.651. The van der Waals surface area contributed by atoms with Gasteiger partial charge in [-0.2, -0.15) is 0 Å². The van der Waals surface area contributed by atoms with E-state index in [1.807, 2.05) is 49.1 Å². The standard InChI is InChI=1S/C23H23N5/c1-2-6-19(7-3-1)17-28-18-25-16-21(28)11-13-24-14-20-9-10-23(27-15-20)22-8-4-5-12-26-22/h1-10,12,15-16,18,24H,11,13-14,17H2. The maximum atomic E-state index is 4.52. The molecule has 0 amide bonds. The second-order valence-corrected chi connectivity index (χ2v) is 6.69. The number of nitrogens with one attached hydrogen (secondary N) is 1. The third kappa shape index (κ3) is 4.69. The van der Waals surface area contributed by atoms with E-state index >= 15 is 0 Å². The highest BCUT2D eigenvalue weighted by Gasteiger charge is 2.04. The molecule has 0 bridgehead atoms. The van der Waals surface area contributed by atoms with Gasteiger partial charge in [-0.05, 0) is 29.3 Å². The predicted octanol–water partition coefficient (Wildman–Crippen LogP) is 3.72. The molecule has 1 N–H and O–H groups in total. The molecular weight excluding hydrogens is 346 g/mol. The van der Waals surface area contributed by atoms with Crippen molar-refractivity contribution >= 4 is 0 Å². The van der Waals surface area contributed by atoms with E-state index in [0.717, 1.165) is 43.0 Å². The summed E-state index contributed by atoms with van der Waals surface area (Å²) >= 11 is 0. The van der Waals surface area contributed by atoms with Gasteiger partial charge >= 0.3 is 0 Å². The molecule has 0 aliphatic heterocycles. The van der Waals surface area contributed by atoms with Crippen molar-refractivity contribution in [1.29, 1.82) is 0 Å². The summed E-state index contributed by atoms with van der Waals surface area (Å²) in [5.74, 6) is 0. The number of nitrogens with zero attached hydrogens (tertiary/aromatic N) is 4. The molecule has 4 aromatic rings. The maximum absolute atomic E-state index is 4.52. The highest BCUT2D eigenvalue weighted by molar-refractivity contribution is 5.53. The van der Waals surface area contributed by atoms with Crippen LogP contribution in [-0.2, 0) is 19.5 Å². The van der Waals surface area contributed by atoms with E-state index < -0.39 is 0 Å². The fourth-order valence-electron chi connectivity index (χ4n) is 3.12. The number of imidazole rings is 1. The molecule has 0 saturated carbocycles. The number of aromatic nitrogens is 4. The van der Waals surface area contributed by atoms with Crippen molar-refractivity contribution in [2.75, 3.05) is 6.54 Å². The van der Waals surface area contributed by atoms with Crippen LogP contribution in [0.2, 0.25) is 0 Å². The second kappa shape index (κ2) is 9.06. The lowest BCUT2D eigenvalue weighted by Crippen LogP contribution is -2.18. The van der Waals surface area contributed by atoms with E-state index in [9.17, 15) is 0 Å². The molecule has 0 unspecified atom stereocenters. The molecule has 5 nitrogen and oxygen atoms in total. The maximum Gasteiger partial charge on any atom is 0.0951 e. The van der Waals surface area contributed by atoms with Crippen molar-refractivity contribution in [2.24, 2.45) is 0 Å². The highest BCUT2D eigenvalue weighted by Crippen LogP contribution is 2.13. The molecule has 5 heteroatoms. The smallest absolute Gasteiger partial charge is 0.0951 e. The van der Waals surface area contributed by atoms with Crippen LogP contribution < -0.4 is 5.32 Å². The Morgan fingerprint density at radius 2 is 1.64 bits per heavy atom. The lowest BCUT2D eigenvalue weighted by atomic mass is 10.2. The molecule has 0 saturated heterocycles. The van der Waals surface area contributed by atoms with Crippen molar-refractivity contribution in [3.63, 3.8) is 0 Å². The number of hydrogen-bond donors (Lipinski definition) is 1. The van der Waals surface area contributed by atoms with Gasteiger partial charge in [-0.15, -0.1) is 0 Å². The minimum atomic E-state index is 0.794.